The Morgan fingerprint density at radius 2 is 1.83 bits per heavy atom. The molecule has 6 nitrogen and oxygen atoms in total. The SMILES string of the molecule is CC1(C)[C@]2(C(=O)N3CC[NH+](Cc4ccc5c(c4)OCO5)CC3)CC[C@@]1(C)C(=O)C2. The van der Waals surface area contributed by atoms with Crippen LogP contribution in [0.5, 0.6) is 11.5 Å². The zero-order valence-corrected chi connectivity index (χ0v) is 17.7. The highest BCUT2D eigenvalue weighted by Crippen LogP contribution is 2.71. The van der Waals surface area contributed by atoms with E-state index >= 15 is 0 Å². The van der Waals surface area contributed by atoms with Gasteiger partial charge in [-0.15, -0.1) is 0 Å². The summed E-state index contributed by atoms with van der Waals surface area (Å²) in [5, 5.41) is 0. The Kier molecular flexibility index (Phi) is 4.05. The van der Waals surface area contributed by atoms with Gasteiger partial charge < -0.3 is 19.3 Å². The molecule has 2 aliphatic heterocycles. The molecule has 1 amide bonds. The fourth-order valence-electron chi connectivity index (χ4n) is 6.18. The standard InChI is InChI=1S/C23H30N2O4/c1-21(2)22(3)6-7-23(21,13-19(22)26)20(27)25-10-8-24(9-11-25)14-16-4-5-17-18(12-16)29-15-28-17/h4-5,12H,6-11,13-15H2,1-3H3/p+1/t22-,23+/m0/s1. The van der Waals surface area contributed by atoms with Gasteiger partial charge in [0.1, 0.15) is 12.3 Å². The summed E-state index contributed by atoms with van der Waals surface area (Å²) >= 11 is 0. The third-order valence-corrected chi connectivity index (χ3v) is 8.76. The second kappa shape index (κ2) is 6.21. The highest BCUT2D eigenvalue weighted by molar-refractivity contribution is 5.99. The molecule has 3 fully saturated rings. The van der Waals surface area contributed by atoms with Gasteiger partial charge in [-0.2, -0.15) is 0 Å². The van der Waals surface area contributed by atoms with Crippen molar-refractivity contribution in [2.75, 3.05) is 33.0 Å². The van der Waals surface area contributed by atoms with Crippen molar-refractivity contribution in [3.8, 4) is 11.5 Å². The van der Waals surface area contributed by atoms with Gasteiger partial charge in [0.05, 0.1) is 31.6 Å². The van der Waals surface area contributed by atoms with Gasteiger partial charge in [-0.3, -0.25) is 9.59 Å². The molecule has 0 radical (unpaired) electrons. The van der Waals surface area contributed by atoms with Gasteiger partial charge in [0.15, 0.2) is 11.5 Å². The van der Waals surface area contributed by atoms with E-state index in [9.17, 15) is 9.59 Å². The minimum Gasteiger partial charge on any atom is -0.454 e. The normalized spacial score (nSPS) is 32.8. The first-order valence-electron chi connectivity index (χ1n) is 10.8. The number of nitrogens with zero attached hydrogens (tertiary/aromatic N) is 1. The lowest BCUT2D eigenvalue weighted by Gasteiger charge is -2.43. The number of rotatable bonds is 3. The Labute approximate surface area is 172 Å². The highest BCUT2D eigenvalue weighted by atomic mass is 16.7. The first kappa shape index (κ1) is 18.9. The predicted molar refractivity (Wildman–Crippen MR) is 107 cm³/mol. The number of amides is 1. The van der Waals surface area contributed by atoms with Crippen molar-refractivity contribution < 1.29 is 24.0 Å². The molecule has 0 aromatic heterocycles. The van der Waals surface area contributed by atoms with E-state index in [4.69, 9.17) is 9.47 Å². The molecule has 1 N–H and O–H groups in total. The molecular weight excluding hydrogens is 368 g/mol. The molecule has 1 saturated heterocycles. The topological polar surface area (TPSA) is 60.3 Å². The number of carbonyl (C=O) groups is 2. The molecule has 1 aromatic carbocycles. The van der Waals surface area contributed by atoms with Crippen molar-refractivity contribution in [1.82, 2.24) is 4.90 Å². The third kappa shape index (κ3) is 2.51. The predicted octanol–water partition coefficient (Wildman–Crippen LogP) is 1.43. The van der Waals surface area contributed by atoms with Crippen LogP contribution in [0.4, 0.5) is 0 Å². The summed E-state index contributed by atoms with van der Waals surface area (Å²) in [5.74, 6) is 2.15. The number of hydrogen-bond donors (Lipinski definition) is 1. The van der Waals surface area contributed by atoms with Gasteiger partial charge in [-0.1, -0.05) is 20.8 Å². The Morgan fingerprint density at radius 3 is 2.48 bits per heavy atom. The second-order valence-corrected chi connectivity index (χ2v) is 10.0. The second-order valence-electron chi connectivity index (χ2n) is 10.0. The van der Waals surface area contributed by atoms with Crippen LogP contribution in [-0.2, 0) is 16.1 Å². The van der Waals surface area contributed by atoms with Crippen molar-refractivity contribution in [3.63, 3.8) is 0 Å². The third-order valence-electron chi connectivity index (χ3n) is 8.76. The smallest absolute Gasteiger partial charge is 0.231 e. The molecule has 2 saturated carbocycles. The molecule has 6 heteroatoms. The zero-order chi connectivity index (χ0) is 20.4. The fourth-order valence-corrected chi connectivity index (χ4v) is 6.18. The Balaban J connectivity index is 1.24. The minimum absolute atomic E-state index is 0.221. The van der Waals surface area contributed by atoms with Crippen LogP contribution in [0.2, 0.25) is 0 Å². The lowest BCUT2D eigenvalue weighted by Crippen LogP contribution is -3.13. The van der Waals surface area contributed by atoms with Crippen LogP contribution in [0.15, 0.2) is 18.2 Å². The monoisotopic (exact) mass is 399 g/mol. The summed E-state index contributed by atoms with van der Waals surface area (Å²) in [6, 6.07) is 6.15. The summed E-state index contributed by atoms with van der Waals surface area (Å²) in [6.07, 6.45) is 2.13. The first-order chi connectivity index (χ1) is 13.8. The van der Waals surface area contributed by atoms with Crippen molar-refractivity contribution in [1.29, 1.82) is 0 Å². The molecule has 0 spiro atoms. The van der Waals surface area contributed by atoms with E-state index in [1.165, 1.54) is 10.5 Å². The fraction of sp³-hybridized carbons (Fsp3) is 0.652. The van der Waals surface area contributed by atoms with Crippen LogP contribution in [0.1, 0.15) is 45.6 Å². The van der Waals surface area contributed by atoms with E-state index < -0.39 is 5.41 Å². The van der Waals surface area contributed by atoms with Crippen molar-refractivity contribution >= 4 is 11.7 Å². The van der Waals surface area contributed by atoms with Gasteiger partial charge in [0.25, 0.3) is 0 Å². The Morgan fingerprint density at radius 1 is 1.10 bits per heavy atom. The van der Waals surface area contributed by atoms with E-state index in [-0.39, 0.29) is 22.5 Å². The van der Waals surface area contributed by atoms with Crippen LogP contribution in [0.3, 0.4) is 0 Å². The Bertz CT molecular complexity index is 874. The van der Waals surface area contributed by atoms with E-state index in [1.807, 2.05) is 11.0 Å². The van der Waals surface area contributed by atoms with E-state index in [0.29, 0.717) is 13.2 Å². The van der Waals surface area contributed by atoms with E-state index in [2.05, 4.69) is 32.9 Å². The number of ketones is 1. The summed E-state index contributed by atoms with van der Waals surface area (Å²) in [4.78, 5) is 29.8. The van der Waals surface area contributed by atoms with Crippen LogP contribution < -0.4 is 14.4 Å². The molecule has 2 aliphatic carbocycles. The number of hydrogen-bond acceptors (Lipinski definition) is 4. The van der Waals surface area contributed by atoms with Gasteiger partial charge in [-0.25, -0.2) is 0 Å². The maximum atomic E-state index is 13.6. The van der Waals surface area contributed by atoms with E-state index in [0.717, 1.165) is 57.1 Å². The molecule has 2 atom stereocenters. The van der Waals surface area contributed by atoms with Crippen molar-refractivity contribution in [3.05, 3.63) is 23.8 Å². The number of piperazine rings is 1. The van der Waals surface area contributed by atoms with Gasteiger partial charge in [0, 0.05) is 17.4 Å². The first-order valence-corrected chi connectivity index (χ1v) is 10.8. The van der Waals surface area contributed by atoms with Crippen molar-refractivity contribution in [2.24, 2.45) is 16.2 Å². The molecule has 1 aromatic rings. The molecule has 29 heavy (non-hydrogen) atoms. The Hall–Kier alpha value is -2.08. The summed E-state index contributed by atoms with van der Waals surface area (Å²) in [5.41, 5.74) is 0.143. The highest BCUT2D eigenvalue weighted by Gasteiger charge is 2.73. The van der Waals surface area contributed by atoms with Crippen LogP contribution in [0, 0.1) is 16.2 Å². The molecule has 4 aliphatic rings. The molecule has 5 rings (SSSR count). The zero-order valence-electron chi connectivity index (χ0n) is 17.7. The lowest BCUT2D eigenvalue weighted by molar-refractivity contribution is -0.917. The number of fused-ring (bicyclic) bond motifs is 3. The number of ether oxygens (including phenoxy) is 2. The lowest BCUT2D eigenvalue weighted by atomic mass is 9.64. The van der Waals surface area contributed by atoms with Gasteiger partial charge in [0.2, 0.25) is 12.7 Å². The number of nitrogens with one attached hydrogen (secondary N) is 1. The molecule has 0 unspecified atom stereocenters. The van der Waals surface area contributed by atoms with Gasteiger partial charge in [-0.05, 0) is 36.5 Å². The number of carbonyl (C=O) groups excluding carboxylic acids is 2. The number of benzene rings is 1. The number of quaternary nitrogens is 1. The molecule has 2 bridgehead atoms. The summed E-state index contributed by atoms with van der Waals surface area (Å²) in [6.45, 7) is 11.0. The molecular formula is C23H31N2O4+. The molecule has 2 heterocycles. The van der Waals surface area contributed by atoms with Crippen LogP contribution in [0.25, 0.3) is 0 Å². The summed E-state index contributed by atoms with van der Waals surface area (Å²) in [7, 11) is 0. The quantitative estimate of drug-likeness (QED) is 0.835. The maximum Gasteiger partial charge on any atom is 0.231 e. The summed E-state index contributed by atoms with van der Waals surface area (Å²) < 4.78 is 10.9. The van der Waals surface area contributed by atoms with E-state index in [1.54, 1.807) is 0 Å². The minimum atomic E-state index is -0.492. The van der Waals surface area contributed by atoms with Crippen LogP contribution >= 0.6 is 0 Å². The van der Waals surface area contributed by atoms with Crippen LogP contribution in [-0.4, -0.2) is 49.6 Å². The van der Waals surface area contributed by atoms with Gasteiger partial charge >= 0.3 is 0 Å². The largest absolute Gasteiger partial charge is 0.454 e. The maximum absolute atomic E-state index is 13.6. The van der Waals surface area contributed by atoms with Crippen molar-refractivity contribution in [2.45, 2.75) is 46.6 Å². The number of Topliss-reactive ketones (excluding diaryl/α,β-unsaturated/α-hetero) is 1. The molecule has 156 valence electrons. The average Bonchev–Trinajstić information content (AvgIpc) is 3.29. The average molecular weight is 400 g/mol.